The summed E-state index contributed by atoms with van der Waals surface area (Å²) in [5.41, 5.74) is 2.80. The third-order valence-electron chi connectivity index (χ3n) is 4.87. The molecule has 0 spiro atoms. The van der Waals surface area contributed by atoms with E-state index < -0.39 is 0 Å². The fourth-order valence-electron chi connectivity index (χ4n) is 3.55. The van der Waals surface area contributed by atoms with Gasteiger partial charge in [-0.25, -0.2) is 9.97 Å². The summed E-state index contributed by atoms with van der Waals surface area (Å²) < 4.78 is 1.79. The van der Waals surface area contributed by atoms with Crippen molar-refractivity contribution in [3.05, 3.63) is 36.0 Å². The lowest BCUT2D eigenvalue weighted by molar-refractivity contribution is -0.131. The van der Waals surface area contributed by atoms with E-state index in [9.17, 15) is 4.79 Å². The molecule has 1 aliphatic rings. The number of carbonyl (C=O) groups is 2. The molecule has 154 valence electrons. The first-order chi connectivity index (χ1) is 14.0. The molecule has 2 N–H and O–H groups in total. The second-order valence-electron chi connectivity index (χ2n) is 6.85. The van der Waals surface area contributed by atoms with Gasteiger partial charge in [-0.1, -0.05) is 0 Å². The molecule has 10 heteroatoms. The van der Waals surface area contributed by atoms with E-state index in [2.05, 4.69) is 25.0 Å². The molecule has 4 heterocycles. The van der Waals surface area contributed by atoms with Crippen LogP contribution in [0.2, 0.25) is 0 Å². The zero-order valence-corrected chi connectivity index (χ0v) is 16.6. The van der Waals surface area contributed by atoms with E-state index in [1.807, 2.05) is 37.1 Å². The summed E-state index contributed by atoms with van der Waals surface area (Å²) in [6.45, 7) is 7.07. The molecular weight excluding hydrogens is 374 g/mol. The first-order valence-electron chi connectivity index (χ1n) is 9.43. The van der Waals surface area contributed by atoms with Crippen molar-refractivity contribution in [3.8, 4) is 0 Å². The van der Waals surface area contributed by atoms with E-state index >= 15 is 0 Å². The number of aromatic amines is 1. The van der Waals surface area contributed by atoms with Crippen molar-refractivity contribution in [1.82, 2.24) is 29.6 Å². The maximum absolute atomic E-state index is 12.7. The molecule has 0 unspecified atom stereocenters. The lowest BCUT2D eigenvalue weighted by atomic mass is 10.3. The third kappa shape index (κ3) is 4.71. The molecule has 0 radical (unpaired) electrons. The predicted molar refractivity (Wildman–Crippen MR) is 108 cm³/mol. The Hall–Kier alpha value is -3.43. The van der Waals surface area contributed by atoms with Crippen LogP contribution in [0.1, 0.15) is 17.8 Å². The van der Waals surface area contributed by atoms with Gasteiger partial charge >= 0.3 is 0 Å². The van der Waals surface area contributed by atoms with E-state index in [1.54, 1.807) is 11.0 Å². The summed E-state index contributed by atoms with van der Waals surface area (Å²) >= 11 is 0. The smallest absolute Gasteiger partial charge is 0.290 e. The van der Waals surface area contributed by atoms with Crippen LogP contribution in [-0.4, -0.2) is 73.3 Å². The Morgan fingerprint density at radius 3 is 2.76 bits per heavy atom. The first-order valence-corrected chi connectivity index (χ1v) is 9.43. The summed E-state index contributed by atoms with van der Waals surface area (Å²) in [5, 5.41) is 12.3. The van der Waals surface area contributed by atoms with Crippen molar-refractivity contribution in [2.75, 3.05) is 31.1 Å². The molecule has 0 bridgehead atoms. The molecular formula is C19H25N7O3. The van der Waals surface area contributed by atoms with Crippen LogP contribution in [0, 0.1) is 13.8 Å². The monoisotopic (exact) mass is 399 g/mol. The SMILES string of the molecule is Cc1cc(C)n(CC(=O)N2CCCN(c3ncnc4[nH]ccc34)CC2)n1.O=CO. The average Bonchev–Trinajstić information content (AvgIpc) is 3.20. The van der Waals surface area contributed by atoms with Crippen molar-refractivity contribution in [2.24, 2.45) is 0 Å². The number of anilines is 1. The average molecular weight is 399 g/mol. The van der Waals surface area contributed by atoms with Gasteiger partial charge in [0.1, 0.15) is 24.3 Å². The van der Waals surface area contributed by atoms with Gasteiger partial charge in [-0.05, 0) is 32.4 Å². The topological polar surface area (TPSA) is 120 Å². The molecule has 1 amide bonds. The second kappa shape index (κ2) is 9.18. The first kappa shape index (κ1) is 20.3. The maximum Gasteiger partial charge on any atom is 0.290 e. The number of H-pyrrole nitrogens is 1. The predicted octanol–water partition coefficient (Wildman–Crippen LogP) is 1.21. The van der Waals surface area contributed by atoms with Crippen molar-refractivity contribution < 1.29 is 14.7 Å². The molecule has 1 fully saturated rings. The van der Waals surface area contributed by atoms with Gasteiger partial charge in [0.15, 0.2) is 0 Å². The summed E-state index contributed by atoms with van der Waals surface area (Å²) in [5.74, 6) is 1.05. The highest BCUT2D eigenvalue weighted by atomic mass is 16.3. The zero-order chi connectivity index (χ0) is 20.8. The fourth-order valence-corrected chi connectivity index (χ4v) is 3.55. The Kier molecular flexibility index (Phi) is 6.43. The molecule has 1 saturated heterocycles. The number of carboxylic acid groups (broad SMARTS) is 1. The molecule has 0 aromatic carbocycles. The van der Waals surface area contributed by atoms with Gasteiger partial charge in [0.2, 0.25) is 5.91 Å². The Morgan fingerprint density at radius 1 is 1.24 bits per heavy atom. The quantitative estimate of drug-likeness (QED) is 0.635. The van der Waals surface area contributed by atoms with Gasteiger partial charge in [-0.3, -0.25) is 14.3 Å². The van der Waals surface area contributed by atoms with E-state index in [-0.39, 0.29) is 12.4 Å². The van der Waals surface area contributed by atoms with Gasteiger partial charge in [0.05, 0.1) is 11.1 Å². The van der Waals surface area contributed by atoms with Crippen LogP contribution in [0.5, 0.6) is 0 Å². The Balaban J connectivity index is 0.000000755. The van der Waals surface area contributed by atoms with E-state index in [0.717, 1.165) is 54.3 Å². The summed E-state index contributed by atoms with van der Waals surface area (Å²) in [7, 11) is 0. The van der Waals surface area contributed by atoms with Crippen LogP contribution in [0.4, 0.5) is 5.82 Å². The number of nitrogens with one attached hydrogen (secondary N) is 1. The van der Waals surface area contributed by atoms with Gasteiger partial charge in [-0.15, -0.1) is 0 Å². The van der Waals surface area contributed by atoms with Crippen LogP contribution >= 0.6 is 0 Å². The largest absolute Gasteiger partial charge is 0.483 e. The molecule has 3 aromatic heterocycles. The highest BCUT2D eigenvalue weighted by Crippen LogP contribution is 2.23. The maximum atomic E-state index is 12.7. The van der Waals surface area contributed by atoms with Gasteiger partial charge in [0.25, 0.3) is 6.47 Å². The number of rotatable bonds is 3. The molecule has 3 aromatic rings. The van der Waals surface area contributed by atoms with E-state index in [1.165, 1.54) is 0 Å². The van der Waals surface area contributed by atoms with Crippen molar-refractivity contribution in [1.29, 1.82) is 0 Å². The lowest BCUT2D eigenvalue weighted by Crippen LogP contribution is -2.37. The summed E-state index contributed by atoms with van der Waals surface area (Å²) in [6.07, 6.45) is 4.38. The van der Waals surface area contributed by atoms with Gasteiger partial charge in [-0.2, -0.15) is 5.10 Å². The number of fused-ring (bicyclic) bond motifs is 1. The van der Waals surface area contributed by atoms with E-state index in [4.69, 9.17) is 9.90 Å². The molecule has 0 saturated carbocycles. The van der Waals surface area contributed by atoms with Gasteiger partial charge < -0.3 is 19.9 Å². The minimum atomic E-state index is -0.250. The highest BCUT2D eigenvalue weighted by molar-refractivity contribution is 5.87. The fraction of sp³-hybridized carbons (Fsp3) is 0.421. The summed E-state index contributed by atoms with van der Waals surface area (Å²) in [6, 6.07) is 4.00. The molecule has 0 atom stereocenters. The van der Waals surface area contributed by atoms with Crippen molar-refractivity contribution in [2.45, 2.75) is 26.8 Å². The standard InChI is InChI=1S/C18H23N7O.CH2O2/c1-13-10-14(2)25(22-13)11-16(26)23-6-3-7-24(9-8-23)18-15-4-5-19-17(15)20-12-21-18;2-1-3/h4-5,10,12H,3,6-9,11H2,1-2H3,(H,19,20,21);1H,(H,2,3). The number of nitrogens with zero attached hydrogens (tertiary/aromatic N) is 6. The molecule has 0 aliphatic carbocycles. The number of hydrogen-bond acceptors (Lipinski definition) is 6. The minimum absolute atomic E-state index is 0.118. The van der Waals surface area contributed by atoms with Crippen LogP contribution in [-0.2, 0) is 16.1 Å². The molecule has 1 aliphatic heterocycles. The number of carbonyl (C=O) groups excluding carboxylic acids is 1. The number of aromatic nitrogens is 5. The van der Waals surface area contributed by atoms with Crippen molar-refractivity contribution in [3.63, 3.8) is 0 Å². The normalized spacial score (nSPS) is 14.3. The summed E-state index contributed by atoms with van der Waals surface area (Å²) in [4.78, 5) is 37.1. The minimum Gasteiger partial charge on any atom is -0.483 e. The molecule has 29 heavy (non-hydrogen) atoms. The number of amides is 1. The Morgan fingerprint density at radius 2 is 2.03 bits per heavy atom. The van der Waals surface area contributed by atoms with Crippen LogP contribution in [0.3, 0.4) is 0 Å². The lowest BCUT2D eigenvalue weighted by Gasteiger charge is -2.23. The van der Waals surface area contributed by atoms with E-state index in [0.29, 0.717) is 13.1 Å². The third-order valence-corrected chi connectivity index (χ3v) is 4.87. The zero-order valence-electron chi connectivity index (χ0n) is 16.6. The highest BCUT2D eigenvalue weighted by Gasteiger charge is 2.22. The van der Waals surface area contributed by atoms with Crippen LogP contribution < -0.4 is 4.90 Å². The van der Waals surface area contributed by atoms with Gasteiger partial charge in [0, 0.05) is 38.1 Å². The number of hydrogen-bond donors (Lipinski definition) is 2. The second-order valence-corrected chi connectivity index (χ2v) is 6.85. The Labute approximate surface area is 168 Å². The Bertz CT molecular complexity index is 981. The molecule has 10 nitrogen and oxygen atoms in total. The van der Waals surface area contributed by atoms with Crippen molar-refractivity contribution >= 4 is 29.2 Å². The molecule has 4 rings (SSSR count). The van der Waals surface area contributed by atoms with Crippen LogP contribution in [0.25, 0.3) is 11.0 Å². The number of aryl methyl sites for hydroxylation is 2. The van der Waals surface area contributed by atoms with Crippen LogP contribution in [0.15, 0.2) is 24.7 Å².